The average molecular weight is 792 g/mol. The van der Waals surface area contributed by atoms with Crippen LogP contribution in [0.5, 0.6) is 0 Å². The summed E-state index contributed by atoms with van der Waals surface area (Å²) in [7, 11) is 0. The lowest BCUT2D eigenvalue weighted by Gasteiger charge is -2.26. The molecule has 0 saturated heterocycles. The van der Waals surface area contributed by atoms with Gasteiger partial charge in [-0.15, -0.1) is 0 Å². The highest BCUT2D eigenvalue weighted by Crippen LogP contribution is 2.48. The van der Waals surface area contributed by atoms with E-state index in [0.29, 0.717) is 22.1 Å². The second-order valence-electron chi connectivity index (χ2n) is 15.1. The molecule has 0 atom stereocenters. The molecule has 10 rings (SSSR count). The minimum Gasteiger partial charge on any atom is -0.455 e. The first-order chi connectivity index (χ1) is 30.0. The van der Waals surface area contributed by atoms with Crippen LogP contribution in [0.2, 0.25) is 0 Å². The lowest BCUT2D eigenvalue weighted by atomic mass is 9.91. The average Bonchev–Trinajstić information content (AvgIpc) is 3.72. The van der Waals surface area contributed by atoms with Gasteiger partial charge in [-0.25, -0.2) is 8.78 Å². The topological polar surface area (TPSA) is 16.4 Å². The molecule has 0 unspecified atom stereocenters. The van der Waals surface area contributed by atoms with Gasteiger partial charge in [0.25, 0.3) is 0 Å². The molecule has 0 amide bonds. The lowest BCUT2D eigenvalue weighted by molar-refractivity contribution is 0.625. The Bertz CT molecular complexity index is 3320. The fraction of sp³-hybridized carbons (Fsp3) is 0.0175. The predicted octanol–water partition coefficient (Wildman–Crippen LogP) is 16.8. The normalized spacial score (nSPS) is 12.0. The van der Waals surface area contributed by atoms with Crippen LogP contribution in [0.3, 0.4) is 0 Å². The molecule has 292 valence electrons. The number of furan rings is 1. The van der Waals surface area contributed by atoms with Gasteiger partial charge in [0.15, 0.2) is 0 Å². The van der Waals surface area contributed by atoms with Crippen LogP contribution in [0, 0.1) is 11.6 Å². The Morgan fingerprint density at radius 1 is 0.525 bits per heavy atom. The van der Waals surface area contributed by atoms with Crippen LogP contribution in [0.15, 0.2) is 217 Å². The molecule has 9 aromatic carbocycles. The maximum atomic E-state index is 15.2. The van der Waals surface area contributed by atoms with Crippen LogP contribution in [-0.2, 0) is 0 Å². The second kappa shape index (κ2) is 15.7. The van der Waals surface area contributed by atoms with Crippen LogP contribution < -0.4 is 4.90 Å². The number of benzene rings is 9. The molecule has 4 heteroatoms. The van der Waals surface area contributed by atoms with E-state index in [-0.39, 0.29) is 11.6 Å². The molecular weight excluding hydrogens is 753 g/mol. The zero-order valence-corrected chi connectivity index (χ0v) is 33.4. The first kappa shape index (κ1) is 37.5. The van der Waals surface area contributed by atoms with Crippen LogP contribution in [0.1, 0.15) is 12.5 Å². The Balaban J connectivity index is 1.16. The maximum absolute atomic E-state index is 15.2. The van der Waals surface area contributed by atoms with Gasteiger partial charge in [-0.05, 0) is 141 Å². The van der Waals surface area contributed by atoms with Crippen LogP contribution in [-0.4, -0.2) is 0 Å². The largest absolute Gasteiger partial charge is 0.455 e. The van der Waals surface area contributed by atoms with Crippen molar-refractivity contribution in [3.05, 3.63) is 230 Å². The Kier molecular flexibility index (Phi) is 9.66. The van der Waals surface area contributed by atoms with Crippen molar-refractivity contribution in [1.82, 2.24) is 0 Å². The molecule has 0 radical (unpaired) electrons. The summed E-state index contributed by atoms with van der Waals surface area (Å²) in [5, 5.41) is 5.87. The molecule has 0 fully saturated rings. The van der Waals surface area contributed by atoms with Crippen molar-refractivity contribution in [3.8, 4) is 33.6 Å². The Hall–Kier alpha value is -7.82. The molecule has 0 bridgehead atoms. The fourth-order valence-electron chi connectivity index (χ4n) is 8.58. The molecule has 2 nitrogen and oxygen atoms in total. The molecule has 0 aliphatic rings. The Morgan fingerprint density at radius 2 is 1.08 bits per heavy atom. The van der Waals surface area contributed by atoms with Crippen LogP contribution in [0.4, 0.5) is 25.8 Å². The van der Waals surface area contributed by atoms with Gasteiger partial charge in [-0.1, -0.05) is 134 Å². The third-order valence-corrected chi connectivity index (χ3v) is 11.5. The van der Waals surface area contributed by atoms with Crippen molar-refractivity contribution in [3.63, 3.8) is 0 Å². The van der Waals surface area contributed by atoms with Gasteiger partial charge in [0.05, 0.1) is 0 Å². The van der Waals surface area contributed by atoms with Crippen molar-refractivity contribution in [2.24, 2.45) is 0 Å². The maximum Gasteiger partial charge on any atom is 0.144 e. The SMILES string of the molecule is C=C/C=C\C(=C/C)c1ccc(N(c2ccc(-c3ccccc3)cc2)c2ccc(-c3oc4c5cc(F)ccc5c5ccc(F)cc5c4c3-c3ccc4ccccc4c3)cc2)cc1. The number of nitrogens with zero attached hydrogens (tertiary/aromatic N) is 1. The van der Waals surface area contributed by atoms with Gasteiger partial charge < -0.3 is 9.32 Å². The van der Waals surface area contributed by atoms with E-state index in [1.54, 1.807) is 24.3 Å². The number of anilines is 3. The van der Waals surface area contributed by atoms with E-state index in [9.17, 15) is 0 Å². The highest BCUT2D eigenvalue weighted by atomic mass is 19.1. The number of fused-ring (bicyclic) bond motifs is 7. The highest BCUT2D eigenvalue weighted by Gasteiger charge is 2.24. The van der Waals surface area contributed by atoms with Gasteiger partial charge in [0, 0.05) is 39.0 Å². The summed E-state index contributed by atoms with van der Waals surface area (Å²) in [6, 6.07) is 60.0. The van der Waals surface area contributed by atoms with Crippen molar-refractivity contribution >= 4 is 65.9 Å². The van der Waals surface area contributed by atoms with Gasteiger partial charge in [-0.2, -0.15) is 0 Å². The minimum absolute atomic E-state index is 0.355. The van der Waals surface area contributed by atoms with Gasteiger partial charge in [0.1, 0.15) is 23.0 Å². The summed E-state index contributed by atoms with van der Waals surface area (Å²) in [4.78, 5) is 2.24. The third-order valence-electron chi connectivity index (χ3n) is 11.5. The van der Waals surface area contributed by atoms with Gasteiger partial charge in [-0.3, -0.25) is 0 Å². The number of allylic oxidation sites excluding steroid dienone is 5. The number of rotatable bonds is 9. The highest BCUT2D eigenvalue weighted by molar-refractivity contribution is 6.28. The number of hydrogen-bond donors (Lipinski definition) is 0. The summed E-state index contributed by atoms with van der Waals surface area (Å²) >= 11 is 0. The zero-order valence-electron chi connectivity index (χ0n) is 33.4. The molecule has 0 aliphatic heterocycles. The summed E-state index contributed by atoms with van der Waals surface area (Å²) in [6.45, 7) is 5.87. The minimum atomic E-state index is -0.370. The molecule has 0 saturated carbocycles. The van der Waals surface area contributed by atoms with E-state index >= 15 is 8.78 Å². The summed E-state index contributed by atoms with van der Waals surface area (Å²) in [6.07, 6.45) is 7.88. The monoisotopic (exact) mass is 791 g/mol. The lowest BCUT2D eigenvalue weighted by Crippen LogP contribution is -2.10. The second-order valence-corrected chi connectivity index (χ2v) is 15.1. The first-order valence-corrected chi connectivity index (χ1v) is 20.4. The fourth-order valence-corrected chi connectivity index (χ4v) is 8.58. The number of halogens is 2. The van der Waals surface area contributed by atoms with Gasteiger partial charge in [0.2, 0.25) is 0 Å². The van der Waals surface area contributed by atoms with E-state index in [1.807, 2.05) is 31.2 Å². The van der Waals surface area contributed by atoms with Crippen molar-refractivity contribution in [2.45, 2.75) is 6.92 Å². The molecule has 10 aromatic rings. The molecule has 61 heavy (non-hydrogen) atoms. The number of hydrogen-bond acceptors (Lipinski definition) is 2. The Labute approximate surface area is 353 Å². The molecule has 1 heterocycles. The van der Waals surface area contributed by atoms with E-state index in [1.165, 1.54) is 18.2 Å². The molecule has 0 spiro atoms. The van der Waals surface area contributed by atoms with E-state index in [4.69, 9.17) is 4.42 Å². The van der Waals surface area contributed by atoms with Gasteiger partial charge >= 0.3 is 0 Å². The summed E-state index contributed by atoms with van der Waals surface area (Å²) in [5.41, 5.74) is 10.5. The van der Waals surface area contributed by atoms with Crippen LogP contribution in [0.25, 0.3) is 82.4 Å². The van der Waals surface area contributed by atoms with E-state index in [2.05, 4.69) is 151 Å². The molecule has 0 N–H and O–H groups in total. The summed E-state index contributed by atoms with van der Waals surface area (Å²) < 4.78 is 37.3. The third kappa shape index (κ3) is 6.88. The molecule has 1 aromatic heterocycles. The first-order valence-electron chi connectivity index (χ1n) is 20.4. The standard InChI is InChI=1S/C57H39F2NO/c1-3-5-11-37(4-2)40-18-26-47(27-19-40)60(48-28-20-41(21-29-48)38-12-7-6-8-13-38)49-30-22-42(23-31-49)56-54(44-17-16-39-14-9-10-15-43(39)34-44)55-52-35-45(58)24-32-50(52)51-33-25-46(59)36-53(51)57(55)61-56/h3-36H,1H2,2H3/b11-5-,37-4+. The van der Waals surface area contributed by atoms with Crippen LogP contribution >= 0.6 is 0 Å². The predicted molar refractivity (Wildman–Crippen MR) is 253 cm³/mol. The zero-order chi connectivity index (χ0) is 41.5. The smallest absolute Gasteiger partial charge is 0.144 e. The van der Waals surface area contributed by atoms with E-state index < -0.39 is 0 Å². The quantitative estimate of drug-likeness (QED) is 0.107. The van der Waals surface area contributed by atoms with Crippen molar-refractivity contribution in [2.75, 3.05) is 4.90 Å². The molecule has 0 aliphatic carbocycles. The van der Waals surface area contributed by atoms with E-state index in [0.717, 1.165) is 82.9 Å². The molecular formula is C57H39F2NO. The Morgan fingerprint density at radius 3 is 1.74 bits per heavy atom. The van der Waals surface area contributed by atoms with Crippen molar-refractivity contribution in [1.29, 1.82) is 0 Å². The summed E-state index contributed by atoms with van der Waals surface area (Å²) in [5.74, 6) is -0.106. The van der Waals surface area contributed by atoms with Crippen molar-refractivity contribution < 1.29 is 13.2 Å².